The van der Waals surface area contributed by atoms with Crippen molar-refractivity contribution >= 4 is 11.0 Å². The van der Waals surface area contributed by atoms with Crippen LogP contribution >= 0.6 is 0 Å². The Kier molecular flexibility index (Phi) is 3.28. The van der Waals surface area contributed by atoms with Gasteiger partial charge in [-0.1, -0.05) is 51.1 Å². The molecule has 0 unspecified atom stereocenters. The van der Waals surface area contributed by atoms with Crippen LogP contribution in [0.2, 0.25) is 0 Å². The van der Waals surface area contributed by atoms with Gasteiger partial charge in [-0.05, 0) is 18.2 Å². The van der Waals surface area contributed by atoms with Gasteiger partial charge in [0.15, 0.2) is 0 Å². The Hall–Kier alpha value is -2.16. The molecule has 0 N–H and O–H groups in total. The lowest BCUT2D eigenvalue weighted by Crippen LogP contribution is -2.19. The molecule has 0 spiro atoms. The fraction of sp³-hybridized carbons (Fsp3) is 0.278. The first-order chi connectivity index (χ1) is 9.97. The summed E-state index contributed by atoms with van der Waals surface area (Å²) in [4.78, 5) is 4.75. The van der Waals surface area contributed by atoms with Gasteiger partial charge in [-0.25, -0.2) is 9.37 Å². The Labute approximate surface area is 124 Å². The number of imidazole rings is 1. The van der Waals surface area contributed by atoms with Gasteiger partial charge in [0.2, 0.25) is 0 Å². The molecule has 0 atom stereocenters. The normalized spacial score (nSPS) is 12.0. The summed E-state index contributed by atoms with van der Waals surface area (Å²) in [6.07, 6.45) is 0. The maximum Gasteiger partial charge on any atom is 0.128 e. The van der Waals surface area contributed by atoms with Crippen molar-refractivity contribution in [1.82, 2.24) is 9.55 Å². The average molecular weight is 282 g/mol. The highest BCUT2D eigenvalue weighted by molar-refractivity contribution is 5.76. The molecule has 0 aliphatic rings. The maximum absolute atomic E-state index is 14.0. The second kappa shape index (κ2) is 4.99. The lowest BCUT2D eigenvalue weighted by atomic mass is 9.95. The molecule has 2 aromatic carbocycles. The fourth-order valence-corrected chi connectivity index (χ4v) is 2.61. The molecular weight excluding hydrogens is 263 g/mol. The molecule has 0 radical (unpaired) electrons. The van der Waals surface area contributed by atoms with Crippen molar-refractivity contribution in [1.29, 1.82) is 0 Å². The summed E-state index contributed by atoms with van der Waals surface area (Å²) in [5.74, 6) is 0.807. The number of aromatic nitrogens is 2. The van der Waals surface area contributed by atoms with E-state index in [2.05, 4.69) is 25.3 Å². The van der Waals surface area contributed by atoms with Crippen LogP contribution in [0.1, 0.15) is 32.2 Å². The molecule has 1 aromatic heterocycles. The third-order valence-corrected chi connectivity index (χ3v) is 3.61. The van der Waals surface area contributed by atoms with Crippen molar-refractivity contribution in [2.75, 3.05) is 0 Å². The SMILES string of the molecule is CC(C)(C)c1nc2ccccc2n1Cc1ccccc1F. The fourth-order valence-electron chi connectivity index (χ4n) is 2.61. The molecule has 21 heavy (non-hydrogen) atoms. The number of para-hydroxylation sites is 2. The second-order valence-electron chi connectivity index (χ2n) is 6.35. The minimum absolute atomic E-state index is 0.0930. The molecule has 0 fully saturated rings. The number of nitrogens with zero attached hydrogens (tertiary/aromatic N) is 2. The van der Waals surface area contributed by atoms with Crippen LogP contribution in [-0.4, -0.2) is 9.55 Å². The maximum atomic E-state index is 14.0. The topological polar surface area (TPSA) is 17.8 Å². The summed E-state index contributed by atoms with van der Waals surface area (Å²) in [5, 5.41) is 0. The van der Waals surface area contributed by atoms with E-state index < -0.39 is 0 Å². The molecule has 1 heterocycles. The van der Waals surface area contributed by atoms with E-state index in [4.69, 9.17) is 4.98 Å². The quantitative estimate of drug-likeness (QED) is 0.675. The smallest absolute Gasteiger partial charge is 0.128 e. The predicted octanol–water partition coefficient (Wildman–Crippen LogP) is 4.52. The largest absolute Gasteiger partial charge is 0.323 e. The first-order valence-corrected chi connectivity index (χ1v) is 7.16. The number of hydrogen-bond acceptors (Lipinski definition) is 1. The number of rotatable bonds is 2. The summed E-state index contributed by atoms with van der Waals surface area (Å²) in [6, 6.07) is 14.9. The van der Waals surface area contributed by atoms with Gasteiger partial charge in [-0.2, -0.15) is 0 Å². The molecule has 0 aliphatic heterocycles. The number of benzene rings is 2. The van der Waals surface area contributed by atoms with Gasteiger partial charge in [0.1, 0.15) is 11.6 Å². The van der Waals surface area contributed by atoms with Crippen molar-refractivity contribution in [2.24, 2.45) is 0 Å². The van der Waals surface area contributed by atoms with E-state index in [0.29, 0.717) is 12.1 Å². The highest BCUT2D eigenvalue weighted by Crippen LogP contribution is 2.27. The summed E-state index contributed by atoms with van der Waals surface area (Å²) >= 11 is 0. The second-order valence-corrected chi connectivity index (χ2v) is 6.35. The minimum Gasteiger partial charge on any atom is -0.323 e. The van der Waals surface area contributed by atoms with Crippen LogP contribution in [0, 0.1) is 5.82 Å². The zero-order chi connectivity index (χ0) is 15.0. The van der Waals surface area contributed by atoms with E-state index in [-0.39, 0.29) is 11.2 Å². The van der Waals surface area contributed by atoms with Gasteiger partial charge in [0.05, 0.1) is 17.6 Å². The van der Waals surface area contributed by atoms with Gasteiger partial charge in [0, 0.05) is 11.0 Å². The number of hydrogen-bond donors (Lipinski definition) is 0. The molecule has 0 aliphatic carbocycles. The third kappa shape index (κ3) is 2.56. The van der Waals surface area contributed by atoms with Crippen molar-refractivity contribution in [3.63, 3.8) is 0 Å². The van der Waals surface area contributed by atoms with E-state index in [1.54, 1.807) is 6.07 Å². The van der Waals surface area contributed by atoms with Gasteiger partial charge in [-0.15, -0.1) is 0 Å². The Balaban J connectivity index is 2.18. The van der Waals surface area contributed by atoms with E-state index >= 15 is 0 Å². The number of fused-ring (bicyclic) bond motifs is 1. The molecule has 2 nitrogen and oxygen atoms in total. The summed E-state index contributed by atoms with van der Waals surface area (Å²) in [5.41, 5.74) is 2.60. The van der Waals surface area contributed by atoms with Crippen molar-refractivity contribution in [3.8, 4) is 0 Å². The molecule has 0 bridgehead atoms. The van der Waals surface area contributed by atoms with Gasteiger partial charge in [-0.3, -0.25) is 0 Å². The lowest BCUT2D eigenvalue weighted by Gasteiger charge is -2.20. The molecule has 0 amide bonds. The standard InChI is InChI=1S/C18H19FN2/c1-18(2,3)17-20-15-10-6-7-11-16(15)21(17)12-13-8-4-5-9-14(13)19/h4-11H,12H2,1-3H3. The van der Waals surface area contributed by atoms with Crippen LogP contribution in [0.4, 0.5) is 4.39 Å². The molecule has 0 saturated heterocycles. The minimum atomic E-state index is -0.171. The van der Waals surface area contributed by atoms with Gasteiger partial charge < -0.3 is 4.57 Å². The Morgan fingerprint density at radius 3 is 2.38 bits per heavy atom. The van der Waals surface area contributed by atoms with Crippen LogP contribution in [-0.2, 0) is 12.0 Å². The summed E-state index contributed by atoms with van der Waals surface area (Å²) in [7, 11) is 0. The molecule has 108 valence electrons. The van der Waals surface area contributed by atoms with Crippen LogP contribution in [0.5, 0.6) is 0 Å². The van der Waals surface area contributed by atoms with Crippen LogP contribution in [0.3, 0.4) is 0 Å². The Morgan fingerprint density at radius 2 is 1.67 bits per heavy atom. The average Bonchev–Trinajstić information content (AvgIpc) is 2.80. The van der Waals surface area contributed by atoms with Crippen LogP contribution < -0.4 is 0 Å². The summed E-state index contributed by atoms with van der Waals surface area (Å²) in [6.45, 7) is 6.89. The van der Waals surface area contributed by atoms with Gasteiger partial charge >= 0.3 is 0 Å². The first-order valence-electron chi connectivity index (χ1n) is 7.16. The van der Waals surface area contributed by atoms with Crippen LogP contribution in [0.25, 0.3) is 11.0 Å². The third-order valence-electron chi connectivity index (χ3n) is 3.61. The van der Waals surface area contributed by atoms with Crippen LogP contribution in [0.15, 0.2) is 48.5 Å². The zero-order valence-electron chi connectivity index (χ0n) is 12.6. The van der Waals surface area contributed by atoms with E-state index in [1.165, 1.54) is 6.07 Å². The molecule has 3 rings (SSSR count). The highest BCUT2D eigenvalue weighted by Gasteiger charge is 2.23. The predicted molar refractivity (Wildman–Crippen MR) is 83.9 cm³/mol. The number of halogens is 1. The molecular formula is C18H19FN2. The van der Waals surface area contributed by atoms with E-state index in [1.807, 2.05) is 36.4 Å². The Bertz CT molecular complexity index is 781. The lowest BCUT2D eigenvalue weighted by molar-refractivity contribution is 0.510. The zero-order valence-corrected chi connectivity index (χ0v) is 12.6. The van der Waals surface area contributed by atoms with Crippen molar-refractivity contribution in [3.05, 3.63) is 65.7 Å². The van der Waals surface area contributed by atoms with E-state index in [0.717, 1.165) is 16.9 Å². The molecule has 3 aromatic rings. The monoisotopic (exact) mass is 282 g/mol. The molecule has 3 heteroatoms. The van der Waals surface area contributed by atoms with Crippen molar-refractivity contribution < 1.29 is 4.39 Å². The highest BCUT2D eigenvalue weighted by atomic mass is 19.1. The summed E-state index contributed by atoms with van der Waals surface area (Å²) < 4.78 is 16.1. The molecule has 0 saturated carbocycles. The van der Waals surface area contributed by atoms with Gasteiger partial charge in [0.25, 0.3) is 0 Å². The first kappa shape index (κ1) is 13.8. The van der Waals surface area contributed by atoms with Crippen molar-refractivity contribution in [2.45, 2.75) is 32.7 Å². The van der Waals surface area contributed by atoms with E-state index in [9.17, 15) is 4.39 Å². The Morgan fingerprint density at radius 1 is 1.00 bits per heavy atom.